The summed E-state index contributed by atoms with van der Waals surface area (Å²) in [7, 11) is 0. The van der Waals surface area contributed by atoms with Gasteiger partial charge in [-0.25, -0.2) is 4.79 Å². The topological polar surface area (TPSA) is 46.5 Å². The van der Waals surface area contributed by atoms with Gasteiger partial charge in [0, 0.05) is 5.92 Å². The molecular weight excluding hydrogens is 288 g/mol. The van der Waals surface area contributed by atoms with Crippen molar-refractivity contribution in [2.75, 3.05) is 6.61 Å². The maximum Gasteiger partial charge on any atom is 0.338 e. The molecule has 0 bridgehead atoms. The summed E-state index contributed by atoms with van der Waals surface area (Å²) < 4.78 is 5.34. The van der Waals surface area contributed by atoms with Crippen LogP contribution in [-0.4, -0.2) is 23.3 Å². The number of hydrogen-bond acceptors (Lipinski definition) is 3. The van der Waals surface area contributed by atoms with Crippen molar-refractivity contribution in [1.82, 2.24) is 0 Å². The standard InChI is InChI=1S/C20H32O3/c1-17(2)8-5-9-18(3)13(17)6-10-19(4)14(18)7-11-20(22)15(19)12-23-16(20)21/h13-15,22H,5-12H2,1-4H3/t13-,14+,15-,18-,19+,20-/m0/s1. The van der Waals surface area contributed by atoms with E-state index in [1.54, 1.807) is 0 Å². The van der Waals surface area contributed by atoms with E-state index in [9.17, 15) is 9.90 Å². The van der Waals surface area contributed by atoms with Gasteiger partial charge in [-0.3, -0.25) is 0 Å². The number of carbonyl (C=O) groups is 1. The molecule has 3 heteroatoms. The van der Waals surface area contributed by atoms with Crippen molar-refractivity contribution in [1.29, 1.82) is 0 Å². The molecule has 4 rings (SSSR count). The Morgan fingerprint density at radius 3 is 2.30 bits per heavy atom. The lowest BCUT2D eigenvalue weighted by Crippen LogP contribution is -2.63. The van der Waals surface area contributed by atoms with E-state index >= 15 is 0 Å². The first-order chi connectivity index (χ1) is 10.6. The minimum absolute atomic E-state index is 0.0101. The molecule has 0 unspecified atom stereocenters. The second-order valence-electron chi connectivity index (χ2n) is 10.1. The van der Waals surface area contributed by atoms with Crippen molar-refractivity contribution in [2.45, 2.75) is 78.2 Å². The lowest BCUT2D eigenvalue weighted by molar-refractivity contribution is -0.202. The number of ether oxygens (including phenoxy) is 1. The van der Waals surface area contributed by atoms with Crippen LogP contribution in [0.1, 0.15) is 72.6 Å². The molecule has 4 aliphatic rings. The first-order valence-corrected chi connectivity index (χ1v) is 9.54. The summed E-state index contributed by atoms with van der Waals surface area (Å²) in [5.41, 5.74) is -0.401. The second-order valence-corrected chi connectivity index (χ2v) is 10.1. The van der Waals surface area contributed by atoms with E-state index in [1.165, 1.54) is 25.7 Å². The molecule has 0 radical (unpaired) electrons. The van der Waals surface area contributed by atoms with Crippen LogP contribution in [0, 0.1) is 34.0 Å². The molecule has 0 spiro atoms. The molecule has 0 aromatic heterocycles. The van der Waals surface area contributed by atoms with Gasteiger partial charge >= 0.3 is 5.97 Å². The summed E-state index contributed by atoms with van der Waals surface area (Å²) in [6.45, 7) is 10.2. The Bertz CT molecular complexity index is 541. The van der Waals surface area contributed by atoms with Crippen molar-refractivity contribution >= 4 is 5.97 Å². The van der Waals surface area contributed by atoms with Crippen LogP contribution in [0.5, 0.6) is 0 Å². The lowest BCUT2D eigenvalue weighted by Gasteiger charge is -2.66. The van der Waals surface area contributed by atoms with Crippen molar-refractivity contribution in [2.24, 2.45) is 34.0 Å². The van der Waals surface area contributed by atoms with Gasteiger partial charge in [-0.2, -0.15) is 0 Å². The highest BCUT2D eigenvalue weighted by molar-refractivity contribution is 5.82. The number of hydrogen-bond donors (Lipinski definition) is 1. The van der Waals surface area contributed by atoms with E-state index in [-0.39, 0.29) is 17.3 Å². The van der Waals surface area contributed by atoms with Gasteiger partial charge in [-0.15, -0.1) is 0 Å². The Morgan fingerprint density at radius 1 is 0.913 bits per heavy atom. The van der Waals surface area contributed by atoms with Crippen LogP contribution in [0.25, 0.3) is 0 Å². The molecule has 3 saturated carbocycles. The molecule has 4 fully saturated rings. The average molecular weight is 320 g/mol. The molecule has 0 amide bonds. The number of rotatable bonds is 0. The molecule has 1 N–H and O–H groups in total. The quantitative estimate of drug-likeness (QED) is 0.688. The van der Waals surface area contributed by atoms with Crippen molar-refractivity contribution < 1.29 is 14.6 Å². The number of esters is 1. The molecule has 6 atom stereocenters. The minimum Gasteiger partial charge on any atom is -0.463 e. The molecule has 23 heavy (non-hydrogen) atoms. The largest absolute Gasteiger partial charge is 0.463 e. The molecule has 1 heterocycles. The molecular formula is C20H32O3. The highest BCUT2D eigenvalue weighted by Crippen LogP contribution is 2.70. The molecule has 3 nitrogen and oxygen atoms in total. The maximum absolute atomic E-state index is 12.1. The van der Waals surface area contributed by atoms with Crippen LogP contribution < -0.4 is 0 Å². The van der Waals surface area contributed by atoms with Crippen LogP contribution in [0.2, 0.25) is 0 Å². The summed E-state index contributed by atoms with van der Waals surface area (Å²) in [6, 6.07) is 0. The SMILES string of the molecule is CC1(C)CCC[C@]2(C)[C@H]3CC[C@@]4(O)C(=O)OC[C@H]4[C@]3(C)CC[C@@H]12. The van der Waals surface area contributed by atoms with Crippen LogP contribution in [-0.2, 0) is 9.53 Å². The summed E-state index contributed by atoms with van der Waals surface area (Å²) in [6.07, 6.45) is 7.90. The number of cyclic esters (lactones) is 1. The Kier molecular flexibility index (Phi) is 3.14. The predicted octanol–water partition coefficient (Wildman–Crippen LogP) is 3.93. The zero-order valence-electron chi connectivity index (χ0n) is 15.2. The lowest BCUT2D eigenvalue weighted by atomic mass is 9.38. The Morgan fingerprint density at radius 2 is 1.57 bits per heavy atom. The van der Waals surface area contributed by atoms with E-state index in [0.29, 0.717) is 29.8 Å². The average Bonchev–Trinajstić information content (AvgIpc) is 2.74. The van der Waals surface area contributed by atoms with Crippen molar-refractivity contribution in [3.63, 3.8) is 0 Å². The van der Waals surface area contributed by atoms with Gasteiger partial charge in [0.25, 0.3) is 0 Å². The predicted molar refractivity (Wildman–Crippen MR) is 88.7 cm³/mol. The summed E-state index contributed by atoms with van der Waals surface area (Å²) in [5, 5.41) is 11.0. The van der Waals surface area contributed by atoms with Crippen LogP contribution in [0.4, 0.5) is 0 Å². The smallest absolute Gasteiger partial charge is 0.338 e. The third-order valence-electron chi connectivity index (χ3n) is 8.76. The van der Waals surface area contributed by atoms with Gasteiger partial charge in [0.2, 0.25) is 0 Å². The fourth-order valence-corrected chi connectivity index (χ4v) is 7.70. The van der Waals surface area contributed by atoms with Crippen LogP contribution in [0.15, 0.2) is 0 Å². The molecule has 0 aromatic rings. The normalized spacial score (nSPS) is 54.7. The van der Waals surface area contributed by atoms with Gasteiger partial charge < -0.3 is 9.84 Å². The summed E-state index contributed by atoms with van der Waals surface area (Å²) in [4.78, 5) is 12.1. The Balaban J connectivity index is 1.75. The van der Waals surface area contributed by atoms with E-state index in [4.69, 9.17) is 4.74 Å². The zero-order valence-corrected chi connectivity index (χ0v) is 15.2. The van der Waals surface area contributed by atoms with Crippen LogP contribution >= 0.6 is 0 Å². The highest BCUT2D eigenvalue weighted by Gasteiger charge is 2.68. The first kappa shape index (κ1) is 15.9. The van der Waals surface area contributed by atoms with Crippen LogP contribution in [0.3, 0.4) is 0 Å². The molecule has 130 valence electrons. The number of fused-ring (bicyclic) bond motifs is 5. The maximum atomic E-state index is 12.1. The van der Waals surface area contributed by atoms with Gasteiger partial charge in [-0.1, -0.05) is 34.1 Å². The molecule has 1 aliphatic heterocycles. The van der Waals surface area contributed by atoms with E-state index < -0.39 is 5.60 Å². The van der Waals surface area contributed by atoms with E-state index in [1.807, 2.05) is 0 Å². The molecule has 1 saturated heterocycles. The summed E-state index contributed by atoms with van der Waals surface area (Å²) in [5.74, 6) is 1.00. The van der Waals surface area contributed by atoms with Gasteiger partial charge in [0.05, 0.1) is 6.61 Å². The Hall–Kier alpha value is -0.570. The summed E-state index contributed by atoms with van der Waals surface area (Å²) >= 11 is 0. The monoisotopic (exact) mass is 320 g/mol. The van der Waals surface area contributed by atoms with Gasteiger partial charge in [0.1, 0.15) is 0 Å². The fraction of sp³-hybridized carbons (Fsp3) is 0.950. The highest BCUT2D eigenvalue weighted by atomic mass is 16.6. The van der Waals surface area contributed by atoms with Crippen molar-refractivity contribution in [3.8, 4) is 0 Å². The first-order valence-electron chi connectivity index (χ1n) is 9.54. The Labute approximate surface area is 140 Å². The third kappa shape index (κ3) is 1.83. The van der Waals surface area contributed by atoms with E-state index in [0.717, 1.165) is 18.8 Å². The minimum atomic E-state index is -1.21. The molecule has 0 aromatic carbocycles. The van der Waals surface area contributed by atoms with Gasteiger partial charge in [0.15, 0.2) is 5.60 Å². The zero-order chi connectivity index (χ0) is 16.7. The second kappa shape index (κ2) is 4.53. The van der Waals surface area contributed by atoms with Gasteiger partial charge in [-0.05, 0) is 66.6 Å². The number of aliphatic hydroxyl groups is 1. The van der Waals surface area contributed by atoms with E-state index in [2.05, 4.69) is 27.7 Å². The van der Waals surface area contributed by atoms with Crippen molar-refractivity contribution in [3.05, 3.63) is 0 Å². The molecule has 3 aliphatic carbocycles. The third-order valence-corrected chi connectivity index (χ3v) is 8.76. The number of carbonyl (C=O) groups excluding carboxylic acids is 1. The fourth-order valence-electron chi connectivity index (χ4n) is 7.70.